The lowest BCUT2D eigenvalue weighted by Gasteiger charge is -2.36. The highest BCUT2D eigenvalue weighted by Crippen LogP contribution is 2.28. The molecule has 0 bridgehead atoms. The van der Waals surface area contributed by atoms with Crippen LogP contribution in [0.15, 0.2) is 48.8 Å². The van der Waals surface area contributed by atoms with Crippen molar-refractivity contribution in [1.29, 1.82) is 0 Å². The van der Waals surface area contributed by atoms with Crippen LogP contribution in [0.4, 0.5) is 5.69 Å². The third-order valence-corrected chi connectivity index (χ3v) is 5.64. The second-order valence-electron chi connectivity index (χ2n) is 7.24. The van der Waals surface area contributed by atoms with Crippen molar-refractivity contribution in [1.82, 2.24) is 14.8 Å². The number of benzene rings is 1. The van der Waals surface area contributed by atoms with Gasteiger partial charge in [0.15, 0.2) is 0 Å². The highest BCUT2D eigenvalue weighted by Gasteiger charge is 2.38. The summed E-state index contributed by atoms with van der Waals surface area (Å²) in [6.07, 6.45) is 3.38. The average molecular weight is 413 g/mol. The Bertz CT molecular complexity index is 929. The molecular weight excluding hydrogens is 392 g/mol. The van der Waals surface area contributed by atoms with Crippen LogP contribution in [-0.2, 0) is 9.59 Å². The Labute approximate surface area is 173 Å². The van der Waals surface area contributed by atoms with Gasteiger partial charge in [-0.2, -0.15) is 0 Å². The van der Waals surface area contributed by atoms with E-state index >= 15 is 0 Å². The van der Waals surface area contributed by atoms with E-state index in [9.17, 15) is 14.4 Å². The number of halogens is 1. The monoisotopic (exact) mass is 412 g/mol. The highest BCUT2D eigenvalue weighted by atomic mass is 35.5. The number of pyridine rings is 1. The molecule has 7 nitrogen and oxygen atoms in total. The maximum Gasteiger partial charge on any atom is 0.254 e. The molecule has 1 aromatic heterocycles. The number of piperazine rings is 1. The zero-order chi connectivity index (χ0) is 20.4. The first kappa shape index (κ1) is 19.4. The van der Waals surface area contributed by atoms with E-state index < -0.39 is 0 Å². The largest absolute Gasteiger partial charge is 0.339 e. The van der Waals surface area contributed by atoms with E-state index in [1.165, 1.54) is 0 Å². The minimum Gasteiger partial charge on any atom is -0.339 e. The van der Waals surface area contributed by atoms with Gasteiger partial charge in [0.25, 0.3) is 5.91 Å². The van der Waals surface area contributed by atoms with Gasteiger partial charge in [-0.05, 0) is 30.3 Å². The fourth-order valence-corrected chi connectivity index (χ4v) is 4.02. The van der Waals surface area contributed by atoms with Crippen molar-refractivity contribution in [3.8, 4) is 0 Å². The minimum atomic E-state index is -0.371. The molecule has 2 aromatic rings. The number of carbonyl (C=O) groups excluding carboxylic acids is 3. The number of aromatic nitrogens is 1. The molecule has 2 saturated heterocycles. The summed E-state index contributed by atoms with van der Waals surface area (Å²) < 4.78 is 0. The number of hydrogen-bond acceptors (Lipinski definition) is 4. The van der Waals surface area contributed by atoms with E-state index in [1.807, 2.05) is 6.07 Å². The van der Waals surface area contributed by atoms with Crippen LogP contribution in [0.2, 0.25) is 5.02 Å². The van der Waals surface area contributed by atoms with Gasteiger partial charge in [-0.25, -0.2) is 0 Å². The Balaban J connectivity index is 1.35. The Morgan fingerprint density at radius 2 is 1.69 bits per heavy atom. The van der Waals surface area contributed by atoms with Gasteiger partial charge in [0.2, 0.25) is 11.8 Å². The van der Waals surface area contributed by atoms with Gasteiger partial charge in [0, 0.05) is 67.8 Å². The maximum atomic E-state index is 12.9. The first-order valence-electron chi connectivity index (χ1n) is 9.57. The summed E-state index contributed by atoms with van der Waals surface area (Å²) in [7, 11) is 0. The number of nitrogens with zero attached hydrogens (tertiary/aromatic N) is 4. The number of hydrogen-bond donors (Lipinski definition) is 0. The van der Waals surface area contributed by atoms with Crippen molar-refractivity contribution in [2.75, 3.05) is 37.6 Å². The third kappa shape index (κ3) is 4.10. The Hall–Kier alpha value is -2.93. The first-order valence-corrected chi connectivity index (χ1v) is 9.95. The van der Waals surface area contributed by atoms with Crippen LogP contribution in [0, 0.1) is 5.92 Å². The minimum absolute atomic E-state index is 0.0288. The molecule has 0 N–H and O–H groups in total. The number of carbonyl (C=O) groups is 3. The van der Waals surface area contributed by atoms with Crippen LogP contribution in [0.3, 0.4) is 0 Å². The summed E-state index contributed by atoms with van der Waals surface area (Å²) in [5, 5.41) is 0.556. The van der Waals surface area contributed by atoms with Crippen LogP contribution in [0.1, 0.15) is 16.8 Å². The molecule has 0 saturated carbocycles. The summed E-state index contributed by atoms with van der Waals surface area (Å²) in [5.41, 5.74) is 1.31. The lowest BCUT2D eigenvalue weighted by Crippen LogP contribution is -2.52. The van der Waals surface area contributed by atoms with Crippen molar-refractivity contribution in [2.45, 2.75) is 6.42 Å². The molecule has 0 spiro atoms. The van der Waals surface area contributed by atoms with Gasteiger partial charge in [-0.3, -0.25) is 19.4 Å². The SMILES string of the molecule is O=C(c1ccncc1)N1CCN(C(=O)C2CC(=O)N(c3cccc(Cl)c3)C2)CC1. The van der Waals surface area contributed by atoms with Gasteiger partial charge in [-0.15, -0.1) is 0 Å². The predicted octanol–water partition coefficient (Wildman–Crippen LogP) is 2.07. The fraction of sp³-hybridized carbons (Fsp3) is 0.333. The highest BCUT2D eigenvalue weighted by molar-refractivity contribution is 6.31. The number of amides is 3. The van der Waals surface area contributed by atoms with E-state index in [2.05, 4.69) is 4.98 Å². The van der Waals surface area contributed by atoms with Crippen LogP contribution in [-0.4, -0.2) is 65.2 Å². The van der Waals surface area contributed by atoms with Crippen molar-refractivity contribution >= 4 is 35.0 Å². The molecular formula is C21H21ClN4O3. The lowest BCUT2D eigenvalue weighted by atomic mass is 10.1. The molecule has 0 radical (unpaired) electrons. The molecule has 4 rings (SSSR count). The normalized spacial score (nSPS) is 19.6. The molecule has 8 heteroatoms. The molecule has 1 atom stereocenters. The molecule has 0 aliphatic carbocycles. The summed E-state index contributed by atoms with van der Waals surface area (Å²) in [4.78, 5) is 47.0. The van der Waals surface area contributed by atoms with Gasteiger partial charge in [-0.1, -0.05) is 17.7 Å². The Morgan fingerprint density at radius 1 is 1.00 bits per heavy atom. The maximum absolute atomic E-state index is 12.9. The van der Waals surface area contributed by atoms with E-state index in [0.29, 0.717) is 49.0 Å². The van der Waals surface area contributed by atoms with Crippen molar-refractivity contribution < 1.29 is 14.4 Å². The van der Waals surface area contributed by atoms with Crippen LogP contribution >= 0.6 is 11.6 Å². The molecule has 1 unspecified atom stereocenters. The smallest absolute Gasteiger partial charge is 0.254 e. The molecule has 3 heterocycles. The van der Waals surface area contributed by atoms with Gasteiger partial charge < -0.3 is 14.7 Å². The Kier molecular flexibility index (Phi) is 5.49. The molecule has 2 aliphatic rings. The third-order valence-electron chi connectivity index (χ3n) is 5.40. The first-order chi connectivity index (χ1) is 14.0. The second kappa shape index (κ2) is 8.21. The average Bonchev–Trinajstić information content (AvgIpc) is 3.15. The quantitative estimate of drug-likeness (QED) is 0.773. The summed E-state index contributed by atoms with van der Waals surface area (Å²) >= 11 is 6.03. The van der Waals surface area contributed by atoms with Crippen molar-refractivity contribution in [3.63, 3.8) is 0 Å². The van der Waals surface area contributed by atoms with Crippen LogP contribution in [0.5, 0.6) is 0 Å². The molecule has 150 valence electrons. The van der Waals surface area contributed by atoms with E-state index in [-0.39, 0.29) is 30.1 Å². The molecule has 3 amide bonds. The van der Waals surface area contributed by atoms with E-state index in [0.717, 1.165) is 0 Å². The van der Waals surface area contributed by atoms with Gasteiger partial charge >= 0.3 is 0 Å². The van der Waals surface area contributed by atoms with E-state index in [4.69, 9.17) is 11.6 Å². The van der Waals surface area contributed by atoms with Crippen molar-refractivity contribution in [2.24, 2.45) is 5.92 Å². The fourth-order valence-electron chi connectivity index (χ4n) is 3.83. The Morgan fingerprint density at radius 3 is 2.38 bits per heavy atom. The van der Waals surface area contributed by atoms with E-state index in [1.54, 1.807) is 57.4 Å². The number of anilines is 1. The van der Waals surface area contributed by atoms with Gasteiger partial charge in [0.1, 0.15) is 0 Å². The zero-order valence-electron chi connectivity index (χ0n) is 15.8. The summed E-state index contributed by atoms with van der Waals surface area (Å²) in [6, 6.07) is 10.5. The van der Waals surface area contributed by atoms with Crippen LogP contribution in [0.25, 0.3) is 0 Å². The van der Waals surface area contributed by atoms with Crippen molar-refractivity contribution in [3.05, 3.63) is 59.4 Å². The molecule has 2 aliphatic heterocycles. The summed E-state index contributed by atoms with van der Waals surface area (Å²) in [5.74, 6) is -0.525. The topological polar surface area (TPSA) is 73.8 Å². The number of rotatable bonds is 3. The predicted molar refractivity (Wildman–Crippen MR) is 109 cm³/mol. The molecule has 29 heavy (non-hydrogen) atoms. The second-order valence-corrected chi connectivity index (χ2v) is 7.68. The zero-order valence-corrected chi connectivity index (χ0v) is 16.6. The lowest BCUT2D eigenvalue weighted by molar-refractivity contribution is -0.137. The van der Waals surface area contributed by atoms with Crippen LogP contribution < -0.4 is 4.90 Å². The van der Waals surface area contributed by atoms with Gasteiger partial charge in [0.05, 0.1) is 5.92 Å². The molecule has 2 fully saturated rings. The summed E-state index contributed by atoms with van der Waals surface area (Å²) in [6.45, 7) is 2.25. The standard InChI is InChI=1S/C21H21ClN4O3/c22-17-2-1-3-18(13-17)26-14-16(12-19(26)27)21(29)25-10-8-24(9-11-25)20(28)15-4-6-23-7-5-15/h1-7,13,16H,8-12,14H2. The molecule has 1 aromatic carbocycles.